The lowest BCUT2D eigenvalue weighted by Gasteiger charge is -2.28. The fourth-order valence-corrected chi connectivity index (χ4v) is 6.17. The van der Waals surface area contributed by atoms with E-state index in [9.17, 15) is 13.2 Å². The number of amides is 1. The van der Waals surface area contributed by atoms with Crippen LogP contribution in [0, 0.1) is 13.8 Å². The van der Waals surface area contributed by atoms with Crippen molar-refractivity contribution in [3.05, 3.63) is 23.3 Å². The van der Waals surface area contributed by atoms with Crippen LogP contribution in [0.4, 0.5) is 0 Å². The van der Waals surface area contributed by atoms with E-state index in [-0.39, 0.29) is 16.8 Å². The van der Waals surface area contributed by atoms with E-state index in [1.807, 2.05) is 6.92 Å². The minimum atomic E-state index is -3.73. The van der Waals surface area contributed by atoms with Crippen molar-refractivity contribution in [2.75, 3.05) is 13.7 Å². The Hall–Kier alpha value is -1.60. The highest BCUT2D eigenvalue weighted by atomic mass is 32.2. The Morgan fingerprint density at radius 2 is 1.78 bits per heavy atom. The van der Waals surface area contributed by atoms with Crippen molar-refractivity contribution in [3.8, 4) is 5.75 Å². The summed E-state index contributed by atoms with van der Waals surface area (Å²) in [5.41, 5.74) is 1.40. The summed E-state index contributed by atoms with van der Waals surface area (Å²) in [6.07, 6.45) is 6.72. The molecule has 3 rings (SSSR count). The number of sulfonamides is 1. The molecule has 2 aliphatic rings. The number of carbonyl (C=O) groups is 1. The van der Waals surface area contributed by atoms with Crippen molar-refractivity contribution < 1.29 is 17.9 Å². The van der Waals surface area contributed by atoms with Gasteiger partial charge in [-0.15, -0.1) is 0 Å². The second-order valence-electron chi connectivity index (χ2n) is 7.70. The second kappa shape index (κ2) is 8.19. The van der Waals surface area contributed by atoms with Crippen molar-refractivity contribution in [1.29, 1.82) is 0 Å². The number of aryl methyl sites for hydroxylation is 2. The van der Waals surface area contributed by atoms with Crippen LogP contribution in [0.3, 0.4) is 0 Å². The summed E-state index contributed by atoms with van der Waals surface area (Å²) in [7, 11) is -2.16. The predicted molar refractivity (Wildman–Crippen MR) is 104 cm³/mol. The molecule has 6 nitrogen and oxygen atoms in total. The number of carbonyl (C=O) groups excluding carboxylic acids is 1. The standard InChI is InChI=1S/C20H30N2O4S/c1-14-13-19(15(2)12-18(14)26-3)27(24,25)22-11-7-10-17(22)20(23)21-16-8-5-4-6-9-16/h12-13,16-17H,4-11H2,1-3H3,(H,21,23)/t17-/m1/s1. The summed E-state index contributed by atoms with van der Waals surface area (Å²) in [5.74, 6) is 0.519. The fourth-order valence-electron chi connectivity index (χ4n) is 4.22. The van der Waals surface area contributed by atoms with Crippen LogP contribution in [0.25, 0.3) is 0 Å². The van der Waals surface area contributed by atoms with Gasteiger partial charge in [-0.2, -0.15) is 4.31 Å². The highest BCUT2D eigenvalue weighted by molar-refractivity contribution is 7.89. The number of nitrogens with one attached hydrogen (secondary N) is 1. The molecule has 2 fully saturated rings. The highest BCUT2D eigenvalue weighted by Gasteiger charge is 2.40. The third-order valence-corrected chi connectivity index (χ3v) is 7.79. The SMILES string of the molecule is COc1cc(C)c(S(=O)(=O)N2CCC[C@@H]2C(=O)NC2CCCCC2)cc1C. The first-order valence-electron chi connectivity index (χ1n) is 9.82. The molecule has 0 aromatic heterocycles. The molecule has 1 atom stereocenters. The molecule has 7 heteroatoms. The van der Waals surface area contributed by atoms with E-state index in [1.54, 1.807) is 26.2 Å². The van der Waals surface area contributed by atoms with Gasteiger partial charge in [-0.25, -0.2) is 8.42 Å². The molecule has 0 bridgehead atoms. The van der Waals surface area contributed by atoms with Gasteiger partial charge in [0.1, 0.15) is 11.8 Å². The molecule has 27 heavy (non-hydrogen) atoms. The van der Waals surface area contributed by atoms with Gasteiger partial charge < -0.3 is 10.1 Å². The summed E-state index contributed by atoms with van der Waals surface area (Å²) < 4.78 is 33.3. The van der Waals surface area contributed by atoms with Crippen LogP contribution in [-0.4, -0.2) is 44.4 Å². The number of benzene rings is 1. The van der Waals surface area contributed by atoms with Gasteiger partial charge in [-0.05, 0) is 62.8 Å². The Bertz CT molecular complexity index is 800. The van der Waals surface area contributed by atoms with Gasteiger partial charge in [0.25, 0.3) is 0 Å². The molecule has 0 unspecified atom stereocenters. The molecule has 150 valence electrons. The van der Waals surface area contributed by atoms with E-state index in [4.69, 9.17) is 4.74 Å². The number of hydrogen-bond donors (Lipinski definition) is 1. The normalized spacial score (nSPS) is 22.0. The molecule has 1 aliphatic heterocycles. The lowest BCUT2D eigenvalue weighted by Crippen LogP contribution is -2.49. The summed E-state index contributed by atoms with van der Waals surface area (Å²) in [5, 5.41) is 3.09. The average Bonchev–Trinajstić information content (AvgIpc) is 3.15. The smallest absolute Gasteiger partial charge is 0.244 e. The lowest BCUT2D eigenvalue weighted by atomic mass is 9.95. The molecule has 0 radical (unpaired) electrons. The van der Waals surface area contributed by atoms with Crippen molar-refractivity contribution in [1.82, 2.24) is 9.62 Å². The molecule has 1 aromatic carbocycles. The van der Waals surface area contributed by atoms with E-state index >= 15 is 0 Å². The Morgan fingerprint density at radius 1 is 1.07 bits per heavy atom. The molecule has 0 spiro atoms. The van der Waals surface area contributed by atoms with Crippen molar-refractivity contribution in [2.24, 2.45) is 0 Å². The highest BCUT2D eigenvalue weighted by Crippen LogP contribution is 2.32. The van der Waals surface area contributed by atoms with Crippen LogP contribution in [0.15, 0.2) is 17.0 Å². The second-order valence-corrected chi connectivity index (χ2v) is 9.56. The van der Waals surface area contributed by atoms with Crippen LogP contribution in [-0.2, 0) is 14.8 Å². The molecule has 1 N–H and O–H groups in total. The lowest BCUT2D eigenvalue weighted by molar-refractivity contribution is -0.125. The van der Waals surface area contributed by atoms with Gasteiger partial charge in [-0.3, -0.25) is 4.79 Å². The van der Waals surface area contributed by atoms with Crippen molar-refractivity contribution in [3.63, 3.8) is 0 Å². The van der Waals surface area contributed by atoms with E-state index < -0.39 is 16.1 Å². The molecule has 1 heterocycles. The van der Waals surface area contributed by atoms with Crippen LogP contribution >= 0.6 is 0 Å². The first-order valence-corrected chi connectivity index (χ1v) is 11.3. The van der Waals surface area contributed by atoms with E-state index in [2.05, 4.69) is 5.32 Å². The first kappa shape index (κ1) is 20.1. The van der Waals surface area contributed by atoms with Crippen LogP contribution in [0.5, 0.6) is 5.75 Å². The minimum absolute atomic E-state index is 0.147. The van der Waals surface area contributed by atoms with Gasteiger partial charge >= 0.3 is 0 Å². The number of methoxy groups -OCH3 is 1. The molecule has 1 saturated carbocycles. The van der Waals surface area contributed by atoms with Gasteiger partial charge in [0.05, 0.1) is 12.0 Å². The number of rotatable bonds is 5. The average molecular weight is 395 g/mol. The number of hydrogen-bond acceptors (Lipinski definition) is 4. The van der Waals surface area contributed by atoms with Gasteiger partial charge in [0.15, 0.2) is 0 Å². The zero-order chi connectivity index (χ0) is 19.6. The van der Waals surface area contributed by atoms with E-state index in [0.717, 1.165) is 31.2 Å². The molecule has 1 aliphatic carbocycles. The van der Waals surface area contributed by atoms with Crippen LogP contribution in [0.2, 0.25) is 0 Å². The number of ether oxygens (including phenoxy) is 1. The molecule has 1 saturated heterocycles. The first-order chi connectivity index (χ1) is 12.8. The summed E-state index contributed by atoms with van der Waals surface area (Å²) >= 11 is 0. The van der Waals surface area contributed by atoms with Gasteiger partial charge in [-0.1, -0.05) is 19.3 Å². The van der Waals surface area contributed by atoms with E-state index in [1.165, 1.54) is 10.7 Å². The fraction of sp³-hybridized carbons (Fsp3) is 0.650. The maximum Gasteiger partial charge on any atom is 0.244 e. The largest absolute Gasteiger partial charge is 0.496 e. The molecular formula is C20H30N2O4S. The summed E-state index contributed by atoms with van der Waals surface area (Å²) in [6, 6.07) is 2.97. The van der Waals surface area contributed by atoms with Gasteiger partial charge in [0, 0.05) is 12.6 Å². The Labute approximate surface area is 162 Å². The van der Waals surface area contributed by atoms with Gasteiger partial charge in [0.2, 0.25) is 15.9 Å². The van der Waals surface area contributed by atoms with Crippen LogP contribution in [0.1, 0.15) is 56.1 Å². The Kier molecular flexibility index (Phi) is 6.11. The van der Waals surface area contributed by atoms with E-state index in [0.29, 0.717) is 30.7 Å². The zero-order valence-corrected chi connectivity index (χ0v) is 17.3. The minimum Gasteiger partial charge on any atom is -0.496 e. The maximum atomic E-state index is 13.3. The molecule has 1 amide bonds. The van der Waals surface area contributed by atoms with Crippen molar-refractivity contribution >= 4 is 15.9 Å². The third-order valence-electron chi connectivity index (χ3n) is 5.74. The van der Waals surface area contributed by atoms with Crippen molar-refractivity contribution in [2.45, 2.75) is 75.8 Å². The quantitative estimate of drug-likeness (QED) is 0.833. The third kappa shape index (κ3) is 4.14. The molecule has 1 aromatic rings. The maximum absolute atomic E-state index is 13.3. The monoisotopic (exact) mass is 394 g/mol. The summed E-state index contributed by atoms with van der Waals surface area (Å²) in [4.78, 5) is 13.1. The predicted octanol–water partition coefficient (Wildman–Crippen LogP) is 2.91. The molecular weight excluding hydrogens is 364 g/mol. The number of nitrogens with zero attached hydrogens (tertiary/aromatic N) is 1. The summed E-state index contributed by atoms with van der Waals surface area (Å²) in [6.45, 7) is 3.98. The van der Waals surface area contributed by atoms with Crippen LogP contribution < -0.4 is 10.1 Å². The topological polar surface area (TPSA) is 75.7 Å². The Morgan fingerprint density at radius 3 is 2.44 bits per heavy atom. The zero-order valence-electron chi connectivity index (χ0n) is 16.5. The Balaban J connectivity index is 1.83.